The van der Waals surface area contributed by atoms with Gasteiger partial charge in [0.2, 0.25) is 0 Å². The van der Waals surface area contributed by atoms with Gasteiger partial charge >= 0.3 is 0 Å². The van der Waals surface area contributed by atoms with Gasteiger partial charge in [-0.1, -0.05) is 60.5 Å². The Morgan fingerprint density at radius 3 is 2.35 bits per heavy atom. The fraction of sp³-hybridized carbons (Fsp3) is 0.929. The second-order valence-electron chi connectivity index (χ2n) is 13.2. The highest BCUT2D eigenvalue weighted by Gasteiger charge is 2.74. The summed E-state index contributed by atoms with van der Waals surface area (Å²) in [6.45, 7) is 14.7. The highest BCUT2D eigenvalue weighted by atomic mass is 17.2. The summed E-state index contributed by atoms with van der Waals surface area (Å²) in [4.78, 5) is 12.8. The van der Waals surface area contributed by atoms with E-state index in [4.69, 9.17) is 9.78 Å². The summed E-state index contributed by atoms with van der Waals surface area (Å²) in [6.07, 6.45) is 15.0. The average Bonchev–Trinajstić information content (AvgIpc) is 3.09. The Morgan fingerprint density at radius 2 is 1.68 bits per heavy atom. The van der Waals surface area contributed by atoms with E-state index < -0.39 is 5.60 Å². The zero-order valence-corrected chi connectivity index (χ0v) is 20.8. The molecule has 4 aliphatic carbocycles. The Balaban J connectivity index is 1.41. The van der Waals surface area contributed by atoms with Crippen LogP contribution in [0.4, 0.5) is 0 Å². The molecule has 1 saturated heterocycles. The van der Waals surface area contributed by atoms with E-state index in [1.54, 1.807) is 0 Å². The molecule has 6 rings (SSSR count). The lowest BCUT2D eigenvalue weighted by molar-refractivity contribution is -0.497. The highest BCUT2D eigenvalue weighted by molar-refractivity contribution is 5.33. The molecule has 3 nitrogen and oxygen atoms in total. The maximum Gasteiger partial charge on any atom is 0.130 e. The first kappa shape index (κ1) is 22.4. The number of aliphatic hydroxyl groups excluding tert-OH is 1. The van der Waals surface area contributed by atoms with Crippen molar-refractivity contribution in [3.05, 3.63) is 12.2 Å². The Morgan fingerprint density at radius 1 is 0.903 bits per heavy atom. The van der Waals surface area contributed by atoms with Gasteiger partial charge in [-0.3, -0.25) is 0 Å². The van der Waals surface area contributed by atoms with Gasteiger partial charge in [0.1, 0.15) is 11.2 Å². The first-order valence-electron chi connectivity index (χ1n) is 13.3. The molecule has 2 aliphatic heterocycles. The second-order valence-corrected chi connectivity index (χ2v) is 13.2. The molecule has 176 valence electrons. The van der Waals surface area contributed by atoms with Crippen LogP contribution in [0.15, 0.2) is 12.2 Å². The summed E-state index contributed by atoms with van der Waals surface area (Å²) in [5.41, 5.74) is -0.266. The number of aliphatic hydroxyl groups is 1. The van der Waals surface area contributed by atoms with Gasteiger partial charge in [0, 0.05) is 23.7 Å². The van der Waals surface area contributed by atoms with Crippen molar-refractivity contribution in [3.8, 4) is 0 Å². The third-order valence-electron chi connectivity index (χ3n) is 11.6. The maximum absolute atomic E-state index is 10.4. The monoisotopic (exact) mass is 430 g/mol. The number of hydrogen-bond acceptors (Lipinski definition) is 3. The van der Waals surface area contributed by atoms with Crippen molar-refractivity contribution in [2.45, 2.75) is 117 Å². The van der Waals surface area contributed by atoms with Crippen molar-refractivity contribution in [1.82, 2.24) is 0 Å². The van der Waals surface area contributed by atoms with Crippen LogP contribution in [-0.4, -0.2) is 22.4 Å². The summed E-state index contributed by atoms with van der Waals surface area (Å²) in [7, 11) is 0. The standard InChI is InChI=1S/C28H46O3/c1-18(2)19(3)7-8-20(4)22-9-10-23-25(22,5)13-12-24-26(6)14-11-21(29)17-27(26)15-16-28(23,24)31-30-27/h15-16,18-24,29H,7-14,17H2,1-6H3/t19-,20+,21-,22+,23+,24+,25+,26+,27+,28-/m0/s1. The van der Waals surface area contributed by atoms with Gasteiger partial charge in [-0.05, 0) is 73.7 Å². The molecule has 6 aliphatic rings. The molecule has 3 saturated carbocycles. The second kappa shape index (κ2) is 7.31. The molecule has 0 aromatic carbocycles. The van der Waals surface area contributed by atoms with E-state index in [2.05, 4.69) is 53.7 Å². The lowest BCUT2D eigenvalue weighted by Crippen LogP contribution is -2.73. The molecule has 0 amide bonds. The summed E-state index contributed by atoms with van der Waals surface area (Å²) in [5.74, 6) is 4.22. The Kier molecular flexibility index (Phi) is 5.28. The van der Waals surface area contributed by atoms with Crippen molar-refractivity contribution in [3.63, 3.8) is 0 Å². The van der Waals surface area contributed by atoms with Crippen LogP contribution < -0.4 is 0 Å². The van der Waals surface area contributed by atoms with Crippen LogP contribution in [0.5, 0.6) is 0 Å². The quantitative estimate of drug-likeness (QED) is 0.390. The van der Waals surface area contributed by atoms with Crippen molar-refractivity contribution in [2.24, 2.45) is 46.3 Å². The molecule has 2 heterocycles. The normalized spacial score (nSPS) is 52.5. The molecule has 4 fully saturated rings. The van der Waals surface area contributed by atoms with Gasteiger partial charge in [0.15, 0.2) is 0 Å². The zero-order chi connectivity index (χ0) is 22.2. The molecule has 0 unspecified atom stereocenters. The van der Waals surface area contributed by atoms with Crippen molar-refractivity contribution < 1.29 is 14.9 Å². The van der Waals surface area contributed by atoms with E-state index in [0.717, 1.165) is 36.5 Å². The first-order valence-corrected chi connectivity index (χ1v) is 13.3. The van der Waals surface area contributed by atoms with Crippen molar-refractivity contribution >= 4 is 0 Å². The smallest absolute Gasteiger partial charge is 0.130 e. The lowest BCUT2D eigenvalue weighted by atomic mass is 9.42. The third-order valence-corrected chi connectivity index (χ3v) is 11.6. The maximum atomic E-state index is 10.4. The third kappa shape index (κ3) is 2.94. The average molecular weight is 431 g/mol. The predicted octanol–water partition coefficient (Wildman–Crippen LogP) is 6.70. The van der Waals surface area contributed by atoms with E-state index in [0.29, 0.717) is 23.7 Å². The van der Waals surface area contributed by atoms with E-state index in [-0.39, 0.29) is 17.1 Å². The summed E-state index contributed by atoms with van der Waals surface area (Å²) >= 11 is 0. The molecule has 10 atom stereocenters. The summed E-state index contributed by atoms with van der Waals surface area (Å²) in [6, 6.07) is 0. The fourth-order valence-corrected chi connectivity index (χ4v) is 9.14. The number of rotatable bonds is 5. The number of fused-ring (bicyclic) bond motifs is 2. The molecule has 31 heavy (non-hydrogen) atoms. The summed E-state index contributed by atoms with van der Waals surface area (Å²) in [5, 5.41) is 10.4. The van der Waals surface area contributed by atoms with E-state index in [9.17, 15) is 5.11 Å². The molecule has 0 aromatic rings. The minimum absolute atomic E-state index is 0.0803. The van der Waals surface area contributed by atoms with E-state index in [1.807, 2.05) is 0 Å². The fourth-order valence-electron chi connectivity index (χ4n) is 9.14. The molecule has 0 aromatic heterocycles. The van der Waals surface area contributed by atoms with Crippen molar-refractivity contribution in [2.75, 3.05) is 0 Å². The molecule has 3 heteroatoms. The van der Waals surface area contributed by atoms with Crippen LogP contribution in [0.2, 0.25) is 0 Å². The van der Waals surface area contributed by atoms with Gasteiger partial charge in [0.05, 0.1) is 6.10 Å². The van der Waals surface area contributed by atoms with Crippen LogP contribution in [-0.2, 0) is 9.78 Å². The Hall–Kier alpha value is -0.380. The number of hydrogen-bond donors (Lipinski definition) is 1. The molecule has 2 bridgehead atoms. The Bertz CT molecular complexity index is 732. The molecule has 0 radical (unpaired) electrons. The van der Waals surface area contributed by atoms with Gasteiger partial charge in [-0.25, -0.2) is 9.78 Å². The Labute approximate surface area is 190 Å². The highest BCUT2D eigenvalue weighted by Crippen LogP contribution is 2.72. The van der Waals surface area contributed by atoms with Gasteiger partial charge in [-0.15, -0.1) is 0 Å². The minimum atomic E-state index is -0.427. The van der Waals surface area contributed by atoms with Crippen LogP contribution in [0.25, 0.3) is 0 Å². The predicted molar refractivity (Wildman–Crippen MR) is 124 cm³/mol. The molecular weight excluding hydrogens is 384 g/mol. The lowest BCUT2D eigenvalue weighted by Gasteiger charge is -2.69. The van der Waals surface area contributed by atoms with E-state index in [1.165, 1.54) is 38.5 Å². The van der Waals surface area contributed by atoms with Crippen LogP contribution in [0.1, 0.15) is 99.3 Å². The van der Waals surface area contributed by atoms with Crippen molar-refractivity contribution in [1.29, 1.82) is 0 Å². The largest absolute Gasteiger partial charge is 0.393 e. The van der Waals surface area contributed by atoms with Crippen LogP contribution >= 0.6 is 0 Å². The first-order chi connectivity index (χ1) is 14.6. The zero-order valence-electron chi connectivity index (χ0n) is 20.8. The molecule has 1 N–H and O–H groups in total. The molecular formula is C28H46O3. The van der Waals surface area contributed by atoms with Crippen LogP contribution in [0, 0.1) is 46.3 Å². The van der Waals surface area contributed by atoms with Gasteiger partial charge in [0.25, 0.3) is 0 Å². The minimum Gasteiger partial charge on any atom is -0.393 e. The summed E-state index contributed by atoms with van der Waals surface area (Å²) < 4.78 is 0. The SMILES string of the molecule is CC(C)[C@@H](C)CC[C@@H](C)[C@H]1CC[C@@H]2[C@]1(C)CC[C@H]1[C@]23C=C[C@]2(C[C@@H](O)CC[C@]12C)OO3. The topological polar surface area (TPSA) is 38.7 Å². The van der Waals surface area contributed by atoms with Crippen LogP contribution in [0.3, 0.4) is 0 Å². The van der Waals surface area contributed by atoms with Gasteiger partial charge in [-0.2, -0.15) is 0 Å². The molecule has 2 spiro atoms. The van der Waals surface area contributed by atoms with Gasteiger partial charge < -0.3 is 5.11 Å². The van der Waals surface area contributed by atoms with E-state index >= 15 is 0 Å².